The van der Waals surface area contributed by atoms with Crippen LogP contribution in [0.2, 0.25) is 0 Å². The maximum atomic E-state index is 5.45. The zero-order valence-electron chi connectivity index (χ0n) is 14.7. The molecule has 4 nitrogen and oxygen atoms in total. The lowest BCUT2D eigenvalue weighted by molar-refractivity contribution is 0.416. The number of aromatic nitrogens is 2. The minimum absolute atomic E-state index is 0.0692. The van der Waals surface area contributed by atoms with Crippen LogP contribution in [0, 0.1) is 5.41 Å². The minimum atomic E-state index is 0.0692. The summed E-state index contributed by atoms with van der Waals surface area (Å²) < 4.78 is 5.45. The number of dihydropyridines is 1. The van der Waals surface area contributed by atoms with E-state index >= 15 is 0 Å². The van der Waals surface area contributed by atoms with Crippen molar-refractivity contribution in [1.82, 2.24) is 9.97 Å². The van der Waals surface area contributed by atoms with Gasteiger partial charge in [0.1, 0.15) is 5.75 Å². The zero-order chi connectivity index (χ0) is 17.2. The van der Waals surface area contributed by atoms with Gasteiger partial charge in [-0.25, -0.2) is 9.97 Å². The second-order valence-electron chi connectivity index (χ2n) is 6.91. The molecular formula is C20H23N3O. The van der Waals surface area contributed by atoms with Gasteiger partial charge in [-0.3, -0.25) is 4.99 Å². The van der Waals surface area contributed by atoms with E-state index < -0.39 is 0 Å². The molecule has 3 rings (SSSR count). The molecule has 0 atom stereocenters. The number of benzene rings is 1. The molecule has 2 heterocycles. The predicted molar refractivity (Wildman–Crippen MR) is 98.4 cm³/mol. The van der Waals surface area contributed by atoms with Gasteiger partial charge in [-0.2, -0.15) is 0 Å². The summed E-state index contributed by atoms with van der Waals surface area (Å²) in [6, 6.07) is 9.83. The summed E-state index contributed by atoms with van der Waals surface area (Å²) in [7, 11) is 1.68. The van der Waals surface area contributed by atoms with Crippen molar-refractivity contribution in [3.63, 3.8) is 0 Å². The van der Waals surface area contributed by atoms with E-state index in [2.05, 4.69) is 36.8 Å². The summed E-state index contributed by atoms with van der Waals surface area (Å²) in [5, 5.41) is 0. The van der Waals surface area contributed by atoms with Gasteiger partial charge in [0, 0.05) is 34.9 Å². The van der Waals surface area contributed by atoms with Crippen molar-refractivity contribution in [2.75, 3.05) is 13.7 Å². The molecule has 0 amide bonds. The third-order valence-electron chi connectivity index (χ3n) is 4.17. The molecule has 0 radical (unpaired) electrons. The largest absolute Gasteiger partial charge is 0.496 e. The predicted octanol–water partition coefficient (Wildman–Crippen LogP) is 4.43. The summed E-state index contributed by atoms with van der Waals surface area (Å²) in [6.45, 7) is 7.28. The van der Waals surface area contributed by atoms with E-state index in [4.69, 9.17) is 9.72 Å². The van der Waals surface area contributed by atoms with Crippen LogP contribution in [-0.4, -0.2) is 29.3 Å². The molecule has 1 aliphatic heterocycles. The molecule has 2 aromatic rings. The van der Waals surface area contributed by atoms with E-state index in [9.17, 15) is 0 Å². The highest BCUT2D eigenvalue weighted by Gasteiger charge is 2.23. The van der Waals surface area contributed by atoms with Crippen LogP contribution in [0.1, 0.15) is 33.0 Å². The number of para-hydroxylation sites is 1. The Labute approximate surface area is 143 Å². The Bertz CT molecular complexity index is 801. The molecule has 1 aromatic carbocycles. The molecule has 0 N–H and O–H groups in total. The first-order chi connectivity index (χ1) is 11.5. The van der Waals surface area contributed by atoms with Gasteiger partial charge >= 0.3 is 0 Å². The number of nitrogens with zero attached hydrogens (tertiary/aromatic N) is 3. The fourth-order valence-corrected chi connectivity index (χ4v) is 2.77. The summed E-state index contributed by atoms with van der Waals surface area (Å²) in [4.78, 5) is 13.9. The highest BCUT2D eigenvalue weighted by Crippen LogP contribution is 2.31. The fraction of sp³-hybridized carbons (Fsp3) is 0.350. The Hall–Kier alpha value is -2.49. The molecule has 24 heavy (non-hydrogen) atoms. The first-order valence-corrected chi connectivity index (χ1v) is 8.18. The van der Waals surface area contributed by atoms with Gasteiger partial charge in [0.05, 0.1) is 19.3 Å². The van der Waals surface area contributed by atoms with Crippen LogP contribution in [0.3, 0.4) is 0 Å². The van der Waals surface area contributed by atoms with Gasteiger partial charge < -0.3 is 4.74 Å². The number of aliphatic imine (C=N–C) groups is 1. The average molecular weight is 321 g/mol. The van der Waals surface area contributed by atoms with Crippen molar-refractivity contribution in [1.29, 1.82) is 0 Å². The van der Waals surface area contributed by atoms with Crippen LogP contribution >= 0.6 is 0 Å². The van der Waals surface area contributed by atoms with Crippen molar-refractivity contribution < 1.29 is 4.74 Å². The second kappa shape index (κ2) is 6.56. The molecule has 0 saturated heterocycles. The Kier molecular flexibility index (Phi) is 4.47. The highest BCUT2D eigenvalue weighted by molar-refractivity contribution is 5.98. The molecule has 124 valence electrons. The molecule has 0 unspecified atom stereocenters. The quantitative estimate of drug-likeness (QED) is 0.840. The van der Waals surface area contributed by atoms with Gasteiger partial charge in [0.25, 0.3) is 0 Å². The zero-order valence-corrected chi connectivity index (χ0v) is 14.7. The van der Waals surface area contributed by atoms with Crippen LogP contribution in [0.4, 0.5) is 0 Å². The van der Waals surface area contributed by atoms with Gasteiger partial charge in [-0.05, 0) is 18.2 Å². The SMILES string of the molecule is COc1ccccc1-c1ccnc(C2=CCN=C(C(C)(C)C)C2)n1. The van der Waals surface area contributed by atoms with Gasteiger partial charge in [-0.15, -0.1) is 0 Å². The molecule has 0 aliphatic carbocycles. The van der Waals surface area contributed by atoms with Gasteiger partial charge in [0.2, 0.25) is 0 Å². The third kappa shape index (κ3) is 3.37. The number of allylic oxidation sites excluding steroid dienone is 1. The summed E-state index contributed by atoms with van der Waals surface area (Å²) in [5.41, 5.74) is 4.26. The molecular weight excluding hydrogens is 298 g/mol. The average Bonchev–Trinajstić information content (AvgIpc) is 2.61. The molecule has 1 aliphatic rings. The lowest BCUT2D eigenvalue weighted by atomic mass is 9.84. The Morgan fingerprint density at radius 1 is 1.08 bits per heavy atom. The number of ether oxygens (including phenoxy) is 1. The number of methoxy groups -OCH3 is 1. The first-order valence-electron chi connectivity index (χ1n) is 8.18. The van der Waals surface area contributed by atoms with Gasteiger partial charge in [-0.1, -0.05) is 39.0 Å². The Morgan fingerprint density at radius 3 is 2.62 bits per heavy atom. The van der Waals surface area contributed by atoms with Crippen LogP contribution in [0.5, 0.6) is 5.75 Å². The van der Waals surface area contributed by atoms with Gasteiger partial charge in [0.15, 0.2) is 5.82 Å². The van der Waals surface area contributed by atoms with Crippen molar-refractivity contribution in [2.24, 2.45) is 10.4 Å². The first kappa shape index (κ1) is 16.4. The smallest absolute Gasteiger partial charge is 0.155 e. The lowest BCUT2D eigenvalue weighted by Crippen LogP contribution is -2.23. The normalized spacial score (nSPS) is 14.8. The van der Waals surface area contributed by atoms with Crippen LogP contribution in [0.25, 0.3) is 16.8 Å². The molecule has 4 heteroatoms. The molecule has 0 bridgehead atoms. The third-order valence-corrected chi connectivity index (χ3v) is 4.17. The van der Waals surface area contributed by atoms with Crippen LogP contribution in [-0.2, 0) is 0 Å². The van der Waals surface area contributed by atoms with Crippen LogP contribution < -0.4 is 4.74 Å². The van der Waals surface area contributed by atoms with Crippen molar-refractivity contribution in [3.8, 4) is 17.0 Å². The highest BCUT2D eigenvalue weighted by atomic mass is 16.5. The molecule has 0 spiro atoms. The van der Waals surface area contributed by atoms with E-state index in [1.165, 1.54) is 5.71 Å². The number of hydrogen-bond acceptors (Lipinski definition) is 4. The lowest BCUT2D eigenvalue weighted by Gasteiger charge is -2.25. The molecule has 0 saturated carbocycles. The van der Waals surface area contributed by atoms with Crippen molar-refractivity contribution >= 4 is 11.3 Å². The molecule has 0 fully saturated rings. The molecule has 1 aromatic heterocycles. The summed E-state index contributed by atoms with van der Waals surface area (Å²) >= 11 is 0. The summed E-state index contributed by atoms with van der Waals surface area (Å²) in [5.74, 6) is 1.59. The Balaban J connectivity index is 1.93. The van der Waals surface area contributed by atoms with Crippen molar-refractivity contribution in [2.45, 2.75) is 27.2 Å². The maximum absolute atomic E-state index is 5.45. The minimum Gasteiger partial charge on any atom is -0.496 e. The summed E-state index contributed by atoms with van der Waals surface area (Å²) in [6.07, 6.45) is 4.74. The number of hydrogen-bond donors (Lipinski definition) is 0. The van der Waals surface area contributed by atoms with E-state index in [0.717, 1.165) is 34.8 Å². The van der Waals surface area contributed by atoms with E-state index in [1.54, 1.807) is 7.11 Å². The Morgan fingerprint density at radius 2 is 1.88 bits per heavy atom. The topological polar surface area (TPSA) is 47.4 Å². The fourth-order valence-electron chi connectivity index (χ4n) is 2.77. The van der Waals surface area contributed by atoms with Crippen LogP contribution in [0.15, 0.2) is 47.6 Å². The van der Waals surface area contributed by atoms with E-state index in [-0.39, 0.29) is 5.41 Å². The number of rotatable bonds is 3. The standard InChI is InChI=1S/C20H23N3O/c1-20(2,3)18-13-14(9-11-21-18)19-22-12-10-16(23-19)15-7-5-6-8-17(15)24-4/h5-10,12H,11,13H2,1-4H3. The second-order valence-corrected chi connectivity index (χ2v) is 6.91. The monoisotopic (exact) mass is 321 g/mol. The van der Waals surface area contributed by atoms with Crippen molar-refractivity contribution in [3.05, 3.63) is 48.4 Å². The maximum Gasteiger partial charge on any atom is 0.155 e. The van der Waals surface area contributed by atoms with E-state index in [0.29, 0.717) is 6.54 Å². The van der Waals surface area contributed by atoms with E-state index in [1.807, 2.05) is 36.5 Å².